The number of nitrogens with one attached hydrogen (secondary N) is 2. The highest BCUT2D eigenvalue weighted by atomic mass is 35.5. The molecular formula is C24H24ClN7O3. The Morgan fingerprint density at radius 2 is 2.03 bits per heavy atom. The van der Waals surface area contributed by atoms with Crippen molar-refractivity contribution in [3.8, 4) is 6.01 Å². The molecule has 1 atom stereocenters. The van der Waals surface area contributed by atoms with Crippen molar-refractivity contribution in [1.29, 1.82) is 0 Å². The van der Waals surface area contributed by atoms with Crippen molar-refractivity contribution < 1.29 is 14.3 Å². The lowest BCUT2D eigenvalue weighted by Crippen LogP contribution is -2.24. The van der Waals surface area contributed by atoms with Crippen LogP contribution in [0, 0.1) is 5.92 Å². The summed E-state index contributed by atoms with van der Waals surface area (Å²) in [5, 5.41) is 7.87. The zero-order valence-corrected chi connectivity index (χ0v) is 19.8. The molecule has 0 radical (unpaired) electrons. The topological polar surface area (TPSA) is 116 Å². The summed E-state index contributed by atoms with van der Waals surface area (Å²) in [6.45, 7) is 2.06. The Balaban J connectivity index is 1.18. The number of hydrogen-bond donors (Lipinski definition) is 2. The summed E-state index contributed by atoms with van der Waals surface area (Å²) in [7, 11) is 1.30. The molecule has 0 saturated heterocycles. The number of ether oxygens (including phenoxy) is 2. The third kappa shape index (κ3) is 5.27. The molecule has 4 heterocycles. The van der Waals surface area contributed by atoms with E-state index in [4.69, 9.17) is 16.3 Å². The SMILES string of the molecule is COC(=O)Nc1ncc(Cl)c2cc(NCc3cnc(OCC4CCn5ccnc5C4)nc3)ccc12. The minimum Gasteiger partial charge on any atom is -0.463 e. The summed E-state index contributed by atoms with van der Waals surface area (Å²) in [5.74, 6) is 1.90. The highest BCUT2D eigenvalue weighted by Crippen LogP contribution is 2.30. The molecule has 4 aromatic rings. The first kappa shape index (κ1) is 22.9. The Labute approximate surface area is 206 Å². The summed E-state index contributed by atoms with van der Waals surface area (Å²) in [4.78, 5) is 28.8. The molecule has 2 N–H and O–H groups in total. The van der Waals surface area contributed by atoms with Gasteiger partial charge in [0.25, 0.3) is 0 Å². The smallest absolute Gasteiger partial charge is 0.412 e. The normalized spacial score (nSPS) is 14.9. The van der Waals surface area contributed by atoms with Crippen molar-refractivity contribution in [2.45, 2.75) is 25.9 Å². The largest absolute Gasteiger partial charge is 0.463 e. The number of anilines is 2. The number of carbonyl (C=O) groups excluding carboxylic acids is 1. The fourth-order valence-corrected chi connectivity index (χ4v) is 4.23. The molecule has 1 aromatic carbocycles. The van der Waals surface area contributed by atoms with Gasteiger partial charge in [0.1, 0.15) is 11.6 Å². The maximum atomic E-state index is 11.6. The summed E-state index contributed by atoms with van der Waals surface area (Å²) < 4.78 is 12.7. The molecule has 0 fully saturated rings. The number of carbonyl (C=O) groups is 1. The van der Waals surface area contributed by atoms with E-state index in [0.29, 0.717) is 41.3 Å². The number of rotatable bonds is 7. The molecule has 1 unspecified atom stereocenters. The maximum Gasteiger partial charge on any atom is 0.412 e. The third-order valence-electron chi connectivity index (χ3n) is 5.92. The molecule has 1 aliphatic rings. The van der Waals surface area contributed by atoms with E-state index in [1.54, 1.807) is 12.4 Å². The van der Waals surface area contributed by atoms with Crippen molar-refractivity contribution in [2.24, 2.45) is 5.92 Å². The van der Waals surface area contributed by atoms with Crippen LogP contribution in [0.2, 0.25) is 5.02 Å². The van der Waals surface area contributed by atoms with Crippen LogP contribution in [0.3, 0.4) is 0 Å². The van der Waals surface area contributed by atoms with Crippen LogP contribution < -0.4 is 15.4 Å². The van der Waals surface area contributed by atoms with Gasteiger partial charge in [0.05, 0.1) is 18.7 Å². The number of hydrogen-bond acceptors (Lipinski definition) is 8. The average Bonchev–Trinajstić information content (AvgIpc) is 3.36. The van der Waals surface area contributed by atoms with E-state index in [1.807, 2.05) is 30.6 Å². The van der Waals surface area contributed by atoms with E-state index in [-0.39, 0.29) is 0 Å². The van der Waals surface area contributed by atoms with Gasteiger partial charge in [-0.2, -0.15) is 0 Å². The van der Waals surface area contributed by atoms with Crippen LogP contribution in [0.4, 0.5) is 16.3 Å². The maximum absolute atomic E-state index is 11.6. The Morgan fingerprint density at radius 3 is 2.86 bits per heavy atom. The van der Waals surface area contributed by atoms with E-state index in [9.17, 15) is 4.79 Å². The number of imidazole rings is 1. The van der Waals surface area contributed by atoms with Crippen LogP contribution in [0.15, 0.2) is 49.2 Å². The van der Waals surface area contributed by atoms with Crippen LogP contribution in [-0.4, -0.2) is 44.3 Å². The van der Waals surface area contributed by atoms with E-state index < -0.39 is 6.09 Å². The fraction of sp³-hybridized carbons (Fsp3) is 0.292. The van der Waals surface area contributed by atoms with Gasteiger partial charge in [-0.15, -0.1) is 0 Å². The van der Waals surface area contributed by atoms with Crippen LogP contribution in [0.1, 0.15) is 17.8 Å². The molecule has 0 saturated carbocycles. The monoisotopic (exact) mass is 493 g/mol. The van der Waals surface area contributed by atoms with Gasteiger partial charge in [0.15, 0.2) is 0 Å². The predicted molar refractivity (Wildman–Crippen MR) is 132 cm³/mol. The van der Waals surface area contributed by atoms with E-state index in [2.05, 4.69) is 39.9 Å². The second kappa shape index (κ2) is 10.1. The van der Waals surface area contributed by atoms with Gasteiger partial charge in [-0.25, -0.2) is 24.7 Å². The molecule has 1 amide bonds. The molecule has 10 nitrogen and oxygen atoms in total. The first-order valence-electron chi connectivity index (χ1n) is 11.2. The van der Waals surface area contributed by atoms with Gasteiger partial charge in [-0.1, -0.05) is 11.6 Å². The average molecular weight is 494 g/mol. The first-order valence-corrected chi connectivity index (χ1v) is 11.6. The minimum absolute atomic E-state index is 0.373. The quantitative estimate of drug-likeness (QED) is 0.391. The van der Waals surface area contributed by atoms with Gasteiger partial charge in [-0.05, 0) is 24.6 Å². The summed E-state index contributed by atoms with van der Waals surface area (Å²) in [6.07, 6.45) is 10.2. The van der Waals surface area contributed by atoms with Gasteiger partial charge < -0.3 is 19.4 Å². The molecule has 5 rings (SSSR count). The number of nitrogens with zero attached hydrogens (tertiary/aromatic N) is 5. The van der Waals surface area contributed by atoms with E-state index >= 15 is 0 Å². The Kier molecular flexibility index (Phi) is 6.62. The molecule has 0 bridgehead atoms. The number of pyridine rings is 1. The molecule has 1 aliphatic heterocycles. The number of halogens is 1. The van der Waals surface area contributed by atoms with Crippen LogP contribution in [0.5, 0.6) is 6.01 Å². The molecule has 11 heteroatoms. The Bertz CT molecular complexity index is 1340. The van der Waals surface area contributed by atoms with Crippen molar-refractivity contribution in [3.63, 3.8) is 0 Å². The first-order chi connectivity index (χ1) is 17.1. The van der Waals surface area contributed by atoms with Gasteiger partial charge in [0, 0.05) is 78.4 Å². The molecule has 3 aromatic heterocycles. The van der Waals surface area contributed by atoms with E-state index in [1.165, 1.54) is 13.3 Å². The zero-order valence-electron chi connectivity index (χ0n) is 19.1. The van der Waals surface area contributed by atoms with Gasteiger partial charge in [-0.3, -0.25) is 5.32 Å². The predicted octanol–water partition coefficient (Wildman–Crippen LogP) is 4.31. The number of methoxy groups -OCH3 is 1. The molecular weight excluding hydrogens is 470 g/mol. The second-order valence-electron chi connectivity index (χ2n) is 8.27. The van der Waals surface area contributed by atoms with Crippen LogP contribution in [-0.2, 0) is 24.2 Å². The lowest BCUT2D eigenvalue weighted by molar-refractivity contribution is 0.187. The zero-order chi connectivity index (χ0) is 24.2. The minimum atomic E-state index is -0.596. The molecule has 0 aliphatic carbocycles. The number of aromatic nitrogens is 5. The van der Waals surface area contributed by atoms with Crippen molar-refractivity contribution >= 4 is 40.0 Å². The van der Waals surface area contributed by atoms with Crippen molar-refractivity contribution in [3.05, 3.63) is 65.6 Å². The molecule has 35 heavy (non-hydrogen) atoms. The van der Waals surface area contributed by atoms with Crippen LogP contribution in [0.25, 0.3) is 10.8 Å². The third-order valence-corrected chi connectivity index (χ3v) is 6.22. The standard InChI is InChI=1S/C24H24ClN7O3/c1-34-24(33)31-22-18-3-2-17(9-19(18)20(25)13-28-22)27-10-16-11-29-23(30-12-16)35-14-15-4-6-32-7-5-26-21(32)8-15/h2-3,5,7,9,11-13,15,27H,4,6,8,10,14H2,1H3,(H,28,31,33). The number of amides is 1. The summed E-state index contributed by atoms with van der Waals surface area (Å²) >= 11 is 6.34. The highest BCUT2D eigenvalue weighted by Gasteiger charge is 2.20. The molecule has 0 spiro atoms. The summed E-state index contributed by atoms with van der Waals surface area (Å²) in [6, 6.07) is 6.00. The molecule has 180 valence electrons. The lowest BCUT2D eigenvalue weighted by Gasteiger charge is -2.22. The van der Waals surface area contributed by atoms with Crippen molar-refractivity contribution in [2.75, 3.05) is 24.4 Å². The number of benzene rings is 1. The summed E-state index contributed by atoms with van der Waals surface area (Å²) in [5.41, 5.74) is 1.76. The lowest BCUT2D eigenvalue weighted by atomic mass is 9.99. The highest BCUT2D eigenvalue weighted by molar-refractivity contribution is 6.36. The van der Waals surface area contributed by atoms with Gasteiger partial charge in [0.2, 0.25) is 0 Å². The Hall–Kier alpha value is -3.92. The number of fused-ring (bicyclic) bond motifs is 2. The fourth-order valence-electron chi connectivity index (χ4n) is 4.03. The van der Waals surface area contributed by atoms with Crippen LogP contribution >= 0.6 is 11.6 Å². The second-order valence-corrected chi connectivity index (χ2v) is 8.67. The van der Waals surface area contributed by atoms with E-state index in [0.717, 1.165) is 41.8 Å². The number of aryl methyl sites for hydroxylation is 1. The Morgan fingerprint density at radius 1 is 1.17 bits per heavy atom. The van der Waals surface area contributed by atoms with Crippen molar-refractivity contribution in [1.82, 2.24) is 24.5 Å². The van der Waals surface area contributed by atoms with Gasteiger partial charge >= 0.3 is 12.1 Å².